The summed E-state index contributed by atoms with van der Waals surface area (Å²) in [7, 11) is 0. The van der Waals surface area contributed by atoms with Crippen LogP contribution in [-0.4, -0.2) is 15.4 Å². The Morgan fingerprint density at radius 3 is 1.26 bits per heavy atom. The van der Waals surface area contributed by atoms with Crippen LogP contribution in [0.15, 0.2) is 273 Å². The quantitative estimate of drug-likeness (QED) is 0.119. The minimum absolute atomic E-state index is 0.102. The Hall–Kier alpha value is -10.1. The third-order valence-corrected chi connectivity index (χ3v) is 17.7. The first-order valence-corrected chi connectivity index (χ1v) is 28.6. The number of aldehydes is 1. The van der Waals surface area contributed by atoms with E-state index in [2.05, 4.69) is 279 Å². The van der Waals surface area contributed by atoms with Crippen molar-refractivity contribution in [3.05, 3.63) is 312 Å². The van der Waals surface area contributed by atoms with Gasteiger partial charge in [-0.3, -0.25) is 4.79 Å². The van der Waals surface area contributed by atoms with Gasteiger partial charge in [0.05, 0.1) is 22.1 Å². The Labute approximate surface area is 478 Å². The molecule has 3 heteroatoms. The lowest BCUT2D eigenvalue weighted by Gasteiger charge is -2.24. The maximum Gasteiger partial charge on any atom is 0.150 e. The summed E-state index contributed by atoms with van der Waals surface area (Å²) >= 11 is 0. The largest absolute Gasteiger partial charge is 0.309 e. The topological polar surface area (TPSA) is 26.9 Å². The second kappa shape index (κ2) is 19.6. The standard InChI is InChI=1S/C79H58N2O/c1-51-18-24-56(25-19-51)59-35-40-75-69(45-59)71-47-61(37-42-77(71)80(75)64-12-6-4-7-13-64)62-38-43-78-72(48-62)70-46-60(36-41-76(70)81(78)65-14-8-5-9-15-65)57-26-20-52(21-27-57)44-68(58-32-30-55(31-33-58)54-28-22-53(50-82)23-29-54)63-34-39-67-66-16-10-11-17-73(66)79(2,3)74(67)49-63/h4-43,45-50,68H,44H2,1-3H3. The van der Waals surface area contributed by atoms with Crippen molar-refractivity contribution < 1.29 is 4.79 Å². The Morgan fingerprint density at radius 2 is 0.756 bits per heavy atom. The summed E-state index contributed by atoms with van der Waals surface area (Å²) in [6.45, 7) is 6.87. The molecular formula is C79H58N2O. The van der Waals surface area contributed by atoms with Crippen LogP contribution in [0.1, 0.15) is 63.5 Å². The number of para-hydroxylation sites is 2. The van der Waals surface area contributed by atoms with Gasteiger partial charge in [-0.15, -0.1) is 0 Å². The summed E-state index contributed by atoms with van der Waals surface area (Å²) < 4.78 is 4.82. The van der Waals surface area contributed by atoms with Crippen molar-refractivity contribution in [1.82, 2.24) is 9.13 Å². The van der Waals surface area contributed by atoms with Crippen LogP contribution in [0.25, 0.3) is 111 Å². The number of nitrogens with zero attached hydrogens (tertiary/aromatic N) is 2. The Morgan fingerprint density at radius 1 is 0.366 bits per heavy atom. The zero-order valence-corrected chi connectivity index (χ0v) is 46.1. The monoisotopic (exact) mass is 1050 g/mol. The molecule has 2 heterocycles. The van der Waals surface area contributed by atoms with Crippen LogP contribution >= 0.6 is 0 Å². The van der Waals surface area contributed by atoms with Crippen LogP contribution in [0.2, 0.25) is 0 Å². The maximum atomic E-state index is 11.4. The second-order valence-electron chi connectivity index (χ2n) is 22.9. The normalized spacial score (nSPS) is 13.0. The van der Waals surface area contributed by atoms with Crippen molar-refractivity contribution >= 4 is 49.9 Å². The summed E-state index contributed by atoms with van der Waals surface area (Å²) in [5.41, 5.74) is 27.6. The first-order chi connectivity index (χ1) is 40.2. The molecule has 0 aliphatic heterocycles. The first-order valence-electron chi connectivity index (χ1n) is 28.6. The molecule has 0 N–H and O–H groups in total. The summed E-state index contributed by atoms with van der Waals surface area (Å²) in [6.07, 6.45) is 1.74. The lowest BCUT2D eigenvalue weighted by molar-refractivity contribution is 0.112. The summed E-state index contributed by atoms with van der Waals surface area (Å²) in [5.74, 6) is 0.121. The van der Waals surface area contributed by atoms with Gasteiger partial charge in [0.15, 0.2) is 0 Å². The number of fused-ring (bicyclic) bond motifs is 9. The molecule has 3 nitrogen and oxygen atoms in total. The Balaban J connectivity index is 0.806. The van der Waals surface area contributed by atoms with Crippen molar-refractivity contribution in [2.75, 3.05) is 0 Å². The van der Waals surface area contributed by atoms with E-state index in [0.29, 0.717) is 5.56 Å². The molecule has 0 fully saturated rings. The number of carbonyl (C=O) groups is 1. The molecule has 1 aliphatic rings. The predicted molar refractivity (Wildman–Crippen MR) is 343 cm³/mol. The molecule has 0 spiro atoms. The fourth-order valence-corrected chi connectivity index (χ4v) is 13.3. The van der Waals surface area contributed by atoms with Crippen LogP contribution in [0.4, 0.5) is 0 Å². The number of aryl methyl sites for hydroxylation is 1. The minimum atomic E-state index is -0.102. The average Bonchev–Trinajstić information content (AvgIpc) is 4.35. The van der Waals surface area contributed by atoms with Crippen molar-refractivity contribution in [3.63, 3.8) is 0 Å². The average molecular weight is 1050 g/mol. The van der Waals surface area contributed by atoms with Crippen LogP contribution in [0.5, 0.6) is 0 Å². The van der Waals surface area contributed by atoms with Crippen molar-refractivity contribution in [3.8, 4) is 67.0 Å². The Bertz CT molecular complexity index is 4770. The van der Waals surface area contributed by atoms with E-state index in [-0.39, 0.29) is 11.3 Å². The SMILES string of the molecule is Cc1ccc(-c2ccc3c(c2)c2cc(-c4ccc5c(c4)c4cc(-c6ccc(CC(c7ccc(-c8ccc(C=O)cc8)cc7)c7ccc8c(c7)C(C)(C)c7ccccc7-8)cc6)ccc4n5-c4ccccc4)ccc2n3-c2ccccc2)cc1. The molecule has 1 unspecified atom stereocenters. The van der Waals surface area contributed by atoms with Gasteiger partial charge in [0.1, 0.15) is 6.29 Å². The zero-order chi connectivity index (χ0) is 55.1. The van der Waals surface area contributed by atoms with Crippen LogP contribution in [-0.2, 0) is 11.8 Å². The van der Waals surface area contributed by atoms with Gasteiger partial charge in [0.2, 0.25) is 0 Å². The number of hydrogen-bond acceptors (Lipinski definition) is 1. The van der Waals surface area contributed by atoms with E-state index in [1.54, 1.807) is 0 Å². The molecule has 1 atom stereocenters. The molecule has 15 rings (SSSR count). The molecule has 0 saturated carbocycles. The summed E-state index contributed by atoms with van der Waals surface area (Å²) in [6, 6.07) is 101. The highest BCUT2D eigenvalue weighted by molar-refractivity contribution is 6.14. The van der Waals surface area contributed by atoms with E-state index in [4.69, 9.17) is 0 Å². The lowest BCUT2D eigenvalue weighted by atomic mass is 9.79. The van der Waals surface area contributed by atoms with Gasteiger partial charge in [-0.25, -0.2) is 0 Å². The second-order valence-corrected chi connectivity index (χ2v) is 22.9. The van der Waals surface area contributed by atoms with Gasteiger partial charge < -0.3 is 9.13 Å². The van der Waals surface area contributed by atoms with E-state index in [9.17, 15) is 4.79 Å². The molecule has 82 heavy (non-hydrogen) atoms. The lowest BCUT2D eigenvalue weighted by Crippen LogP contribution is -2.16. The molecule has 0 saturated heterocycles. The summed E-state index contributed by atoms with van der Waals surface area (Å²) in [4.78, 5) is 11.4. The number of benzene rings is 12. The molecule has 12 aromatic carbocycles. The van der Waals surface area contributed by atoms with Crippen LogP contribution in [0, 0.1) is 6.92 Å². The molecule has 14 aromatic rings. The molecular weight excluding hydrogens is 993 g/mol. The molecule has 0 radical (unpaired) electrons. The van der Waals surface area contributed by atoms with Gasteiger partial charge in [-0.05, 0) is 170 Å². The fraction of sp³-hybridized carbons (Fsp3) is 0.0759. The smallest absolute Gasteiger partial charge is 0.150 e. The number of aromatic nitrogens is 2. The summed E-state index contributed by atoms with van der Waals surface area (Å²) in [5, 5.41) is 4.90. The van der Waals surface area contributed by atoms with Crippen molar-refractivity contribution in [2.45, 2.75) is 38.5 Å². The number of hydrogen-bond donors (Lipinski definition) is 0. The van der Waals surface area contributed by atoms with Crippen LogP contribution in [0.3, 0.4) is 0 Å². The van der Waals surface area contributed by atoms with Crippen molar-refractivity contribution in [2.24, 2.45) is 0 Å². The van der Waals surface area contributed by atoms with E-state index in [1.165, 1.54) is 122 Å². The van der Waals surface area contributed by atoms with Gasteiger partial charge in [0, 0.05) is 49.8 Å². The molecule has 0 amide bonds. The minimum Gasteiger partial charge on any atom is -0.309 e. The van der Waals surface area contributed by atoms with Gasteiger partial charge >= 0.3 is 0 Å². The predicted octanol–water partition coefficient (Wildman–Crippen LogP) is 20.4. The van der Waals surface area contributed by atoms with E-state index in [1.807, 2.05) is 24.3 Å². The maximum absolute atomic E-state index is 11.4. The fourth-order valence-electron chi connectivity index (χ4n) is 13.3. The highest BCUT2D eigenvalue weighted by Crippen LogP contribution is 2.50. The molecule has 2 aromatic heterocycles. The third kappa shape index (κ3) is 8.31. The third-order valence-electron chi connectivity index (χ3n) is 17.7. The van der Waals surface area contributed by atoms with Gasteiger partial charge in [-0.2, -0.15) is 0 Å². The van der Waals surface area contributed by atoms with Crippen LogP contribution < -0.4 is 0 Å². The van der Waals surface area contributed by atoms with E-state index < -0.39 is 0 Å². The highest BCUT2D eigenvalue weighted by atomic mass is 16.1. The van der Waals surface area contributed by atoms with E-state index >= 15 is 0 Å². The molecule has 0 bridgehead atoms. The number of rotatable bonds is 11. The number of carbonyl (C=O) groups excluding carboxylic acids is 1. The van der Waals surface area contributed by atoms with E-state index in [0.717, 1.165) is 35.2 Å². The first kappa shape index (κ1) is 49.0. The van der Waals surface area contributed by atoms with Gasteiger partial charge in [0.25, 0.3) is 0 Å². The highest BCUT2D eigenvalue weighted by Gasteiger charge is 2.36. The Kier molecular flexibility index (Phi) is 11.7. The van der Waals surface area contributed by atoms with Gasteiger partial charge in [-0.1, -0.05) is 220 Å². The molecule has 1 aliphatic carbocycles. The molecule has 390 valence electrons. The zero-order valence-electron chi connectivity index (χ0n) is 46.1. The van der Waals surface area contributed by atoms with Crippen molar-refractivity contribution in [1.29, 1.82) is 0 Å².